The van der Waals surface area contributed by atoms with Gasteiger partial charge in [0, 0.05) is 12.3 Å². The molecule has 79 valence electrons. The molecule has 0 saturated carbocycles. The van der Waals surface area contributed by atoms with Crippen LogP contribution in [0.5, 0.6) is 0 Å². The third kappa shape index (κ3) is 2.26. The number of hydrogen-bond acceptors (Lipinski definition) is 1. The van der Waals surface area contributed by atoms with Gasteiger partial charge in [0.1, 0.15) is 5.78 Å². The summed E-state index contributed by atoms with van der Waals surface area (Å²) in [5.74, 6) is 0.526. The van der Waals surface area contributed by atoms with Crippen molar-refractivity contribution in [3.63, 3.8) is 0 Å². The molecule has 0 N–H and O–H groups in total. The van der Waals surface area contributed by atoms with Crippen molar-refractivity contribution < 1.29 is 4.79 Å². The number of rotatable bonds is 3. The lowest BCUT2D eigenvalue weighted by Gasteiger charge is -2.37. The molecule has 14 heavy (non-hydrogen) atoms. The predicted molar refractivity (Wildman–Crippen MR) is 59.9 cm³/mol. The molecule has 1 aliphatic carbocycles. The first-order chi connectivity index (χ1) is 6.49. The number of carbonyl (C=O) groups is 1. The van der Waals surface area contributed by atoms with Crippen LogP contribution in [0.4, 0.5) is 0 Å². The van der Waals surface area contributed by atoms with Crippen LogP contribution in [0.15, 0.2) is 11.6 Å². The summed E-state index contributed by atoms with van der Waals surface area (Å²) in [6.45, 7) is 8.47. The molecule has 0 bridgehead atoms. The molecular weight excluding hydrogens is 172 g/mol. The highest BCUT2D eigenvalue weighted by Crippen LogP contribution is 2.41. The number of allylic oxidation sites excluding steroid dienone is 2. The van der Waals surface area contributed by atoms with Crippen LogP contribution in [0.3, 0.4) is 0 Å². The van der Waals surface area contributed by atoms with Crippen molar-refractivity contribution >= 4 is 5.78 Å². The second kappa shape index (κ2) is 4.29. The quantitative estimate of drug-likeness (QED) is 0.626. The zero-order chi connectivity index (χ0) is 10.8. The maximum atomic E-state index is 12.0. The van der Waals surface area contributed by atoms with Gasteiger partial charge in [-0.05, 0) is 31.6 Å². The molecule has 0 amide bonds. The second-order valence-corrected chi connectivity index (χ2v) is 4.99. The molecular formula is C13H21O. The highest BCUT2D eigenvalue weighted by Gasteiger charge is 2.36. The number of carbonyl (C=O) groups excluding carboxylic acids is 1. The highest BCUT2D eigenvalue weighted by molar-refractivity contribution is 5.85. The van der Waals surface area contributed by atoms with E-state index in [1.54, 1.807) is 0 Å². The highest BCUT2D eigenvalue weighted by atomic mass is 16.1. The van der Waals surface area contributed by atoms with Crippen LogP contribution in [-0.4, -0.2) is 5.78 Å². The van der Waals surface area contributed by atoms with Gasteiger partial charge in [-0.25, -0.2) is 0 Å². The van der Waals surface area contributed by atoms with E-state index in [0.29, 0.717) is 12.2 Å². The fourth-order valence-corrected chi connectivity index (χ4v) is 2.56. The van der Waals surface area contributed by atoms with Crippen LogP contribution in [-0.2, 0) is 4.79 Å². The van der Waals surface area contributed by atoms with Crippen molar-refractivity contribution in [3.8, 4) is 0 Å². The third-order valence-corrected chi connectivity index (χ3v) is 3.22. The normalized spacial score (nSPS) is 25.7. The van der Waals surface area contributed by atoms with Gasteiger partial charge in [0.15, 0.2) is 0 Å². The minimum Gasteiger partial charge on any atom is -0.299 e. The molecule has 0 aromatic carbocycles. The average Bonchev–Trinajstić information content (AvgIpc) is 2.02. The van der Waals surface area contributed by atoms with E-state index in [1.165, 1.54) is 5.57 Å². The topological polar surface area (TPSA) is 17.1 Å². The molecule has 0 heterocycles. The van der Waals surface area contributed by atoms with Crippen LogP contribution in [0.1, 0.15) is 47.0 Å². The van der Waals surface area contributed by atoms with E-state index in [-0.39, 0.29) is 11.3 Å². The van der Waals surface area contributed by atoms with Crippen LogP contribution in [0.2, 0.25) is 0 Å². The first-order valence-electron chi connectivity index (χ1n) is 5.46. The average molecular weight is 193 g/mol. The summed E-state index contributed by atoms with van der Waals surface area (Å²) in [6, 6.07) is 0. The Kier molecular flexibility index (Phi) is 3.52. The van der Waals surface area contributed by atoms with Gasteiger partial charge in [0.05, 0.1) is 0 Å². The van der Waals surface area contributed by atoms with Crippen LogP contribution in [0.25, 0.3) is 0 Å². The van der Waals surface area contributed by atoms with Crippen LogP contribution < -0.4 is 0 Å². The third-order valence-electron chi connectivity index (χ3n) is 3.22. The first kappa shape index (κ1) is 11.5. The zero-order valence-corrected chi connectivity index (χ0v) is 9.76. The van der Waals surface area contributed by atoms with Crippen LogP contribution in [0, 0.1) is 17.8 Å². The Hall–Kier alpha value is -0.590. The summed E-state index contributed by atoms with van der Waals surface area (Å²) in [5.41, 5.74) is 1.42. The molecule has 0 fully saturated rings. The lowest BCUT2D eigenvalue weighted by molar-refractivity contribution is -0.124. The number of hydrogen-bond donors (Lipinski definition) is 0. The summed E-state index contributed by atoms with van der Waals surface area (Å²) in [4.78, 5) is 12.0. The predicted octanol–water partition coefficient (Wildman–Crippen LogP) is 3.55. The molecule has 1 atom stereocenters. The van der Waals surface area contributed by atoms with Crippen molar-refractivity contribution in [1.82, 2.24) is 0 Å². The van der Waals surface area contributed by atoms with Gasteiger partial charge >= 0.3 is 0 Å². The van der Waals surface area contributed by atoms with E-state index >= 15 is 0 Å². The molecule has 0 aromatic heterocycles. The van der Waals surface area contributed by atoms with Gasteiger partial charge in [0.2, 0.25) is 0 Å². The summed E-state index contributed by atoms with van der Waals surface area (Å²) in [6.07, 6.45) is 7.05. The molecule has 1 unspecified atom stereocenters. The minimum atomic E-state index is 0.146. The molecule has 0 saturated heterocycles. The molecule has 1 aliphatic rings. The molecule has 1 nitrogen and oxygen atoms in total. The molecule has 1 radical (unpaired) electrons. The first-order valence-corrected chi connectivity index (χ1v) is 5.46. The van der Waals surface area contributed by atoms with Gasteiger partial charge in [-0.15, -0.1) is 0 Å². The summed E-state index contributed by atoms with van der Waals surface area (Å²) in [7, 11) is 0. The van der Waals surface area contributed by atoms with Gasteiger partial charge in [-0.2, -0.15) is 0 Å². The maximum Gasteiger partial charge on any atom is 0.140 e. The van der Waals surface area contributed by atoms with Crippen molar-refractivity contribution in [2.45, 2.75) is 47.0 Å². The Morgan fingerprint density at radius 3 is 2.79 bits per heavy atom. The molecule has 1 rings (SSSR count). The van der Waals surface area contributed by atoms with E-state index in [4.69, 9.17) is 0 Å². The lowest BCUT2D eigenvalue weighted by atomic mass is 9.66. The van der Waals surface area contributed by atoms with Gasteiger partial charge in [-0.1, -0.05) is 32.4 Å². The molecule has 0 aliphatic heterocycles. The fraction of sp³-hybridized carbons (Fsp3) is 0.692. The lowest BCUT2D eigenvalue weighted by Crippen LogP contribution is -2.34. The molecule has 0 spiro atoms. The molecule has 0 aromatic rings. The van der Waals surface area contributed by atoms with E-state index in [0.717, 1.165) is 12.8 Å². The number of Topliss-reactive ketones (excluding diaryl/α,β-unsaturated/α-hetero) is 1. The van der Waals surface area contributed by atoms with E-state index in [2.05, 4.69) is 26.8 Å². The Bertz CT molecular complexity index is 248. The van der Waals surface area contributed by atoms with Crippen LogP contribution >= 0.6 is 0 Å². The van der Waals surface area contributed by atoms with E-state index < -0.39 is 0 Å². The molecule has 1 heteroatoms. The van der Waals surface area contributed by atoms with E-state index in [9.17, 15) is 4.79 Å². The van der Waals surface area contributed by atoms with Gasteiger partial charge in [-0.3, -0.25) is 4.79 Å². The Balaban J connectivity index is 2.85. The van der Waals surface area contributed by atoms with Gasteiger partial charge < -0.3 is 0 Å². The van der Waals surface area contributed by atoms with Gasteiger partial charge in [0.25, 0.3) is 0 Å². The smallest absolute Gasteiger partial charge is 0.140 e. The second-order valence-electron chi connectivity index (χ2n) is 4.99. The Labute approximate surface area is 87.6 Å². The van der Waals surface area contributed by atoms with E-state index in [1.807, 2.05) is 13.3 Å². The van der Waals surface area contributed by atoms with Crippen molar-refractivity contribution in [3.05, 3.63) is 18.1 Å². The summed E-state index contributed by atoms with van der Waals surface area (Å²) >= 11 is 0. The number of ketones is 1. The van der Waals surface area contributed by atoms with Crippen molar-refractivity contribution in [2.75, 3.05) is 0 Å². The van der Waals surface area contributed by atoms with Crippen molar-refractivity contribution in [1.29, 1.82) is 0 Å². The minimum absolute atomic E-state index is 0.146. The standard InChI is InChI=1S/C13H21O/c1-5-7-11(14)12-10(2)8-6-9-13(12,3)4/h5,8,12H,6-7,9H2,1-4H3. The zero-order valence-electron chi connectivity index (χ0n) is 9.76. The summed E-state index contributed by atoms with van der Waals surface area (Å²) in [5, 5.41) is 0. The SMILES string of the molecule is C[CH]CC(=O)C1C(C)=CCCC1(C)C. The summed E-state index contributed by atoms with van der Waals surface area (Å²) < 4.78 is 0. The maximum absolute atomic E-state index is 12.0. The monoisotopic (exact) mass is 193 g/mol. The fourth-order valence-electron chi connectivity index (χ4n) is 2.56. The largest absolute Gasteiger partial charge is 0.299 e. The Morgan fingerprint density at radius 1 is 1.64 bits per heavy atom. The van der Waals surface area contributed by atoms with Crippen molar-refractivity contribution in [2.24, 2.45) is 11.3 Å². The Morgan fingerprint density at radius 2 is 2.29 bits per heavy atom.